The predicted octanol–water partition coefficient (Wildman–Crippen LogP) is 2.09. The number of aromatic hydroxyl groups is 1. The van der Waals surface area contributed by atoms with Crippen LogP contribution in [-0.2, 0) is 9.53 Å². The molecule has 0 aliphatic carbocycles. The maximum absolute atomic E-state index is 12.0. The SMILES string of the molecule is COC(=O)C(c1ccc(O)cc1)N1CCCCC1. The van der Waals surface area contributed by atoms with Crippen molar-refractivity contribution >= 4 is 5.97 Å². The van der Waals surface area contributed by atoms with Crippen molar-refractivity contribution < 1.29 is 14.6 Å². The van der Waals surface area contributed by atoms with E-state index in [4.69, 9.17) is 4.74 Å². The number of phenols is 1. The van der Waals surface area contributed by atoms with Gasteiger partial charge < -0.3 is 9.84 Å². The summed E-state index contributed by atoms with van der Waals surface area (Å²) in [6.07, 6.45) is 3.46. The highest BCUT2D eigenvalue weighted by atomic mass is 16.5. The molecule has 0 radical (unpaired) electrons. The fraction of sp³-hybridized carbons (Fsp3) is 0.500. The van der Waals surface area contributed by atoms with Crippen molar-refractivity contribution in [3.05, 3.63) is 29.8 Å². The van der Waals surface area contributed by atoms with Crippen LogP contribution in [0.15, 0.2) is 24.3 Å². The highest BCUT2D eigenvalue weighted by Gasteiger charge is 2.29. The number of carbonyl (C=O) groups is 1. The maximum atomic E-state index is 12.0. The zero-order valence-corrected chi connectivity index (χ0v) is 10.6. The Morgan fingerprint density at radius 2 is 1.83 bits per heavy atom. The Hall–Kier alpha value is -1.55. The van der Waals surface area contributed by atoms with Gasteiger partial charge in [0.25, 0.3) is 0 Å². The van der Waals surface area contributed by atoms with Crippen LogP contribution in [0.3, 0.4) is 0 Å². The molecule has 98 valence electrons. The molecular formula is C14H19NO3. The average molecular weight is 249 g/mol. The summed E-state index contributed by atoms with van der Waals surface area (Å²) in [5, 5.41) is 9.31. The van der Waals surface area contributed by atoms with Gasteiger partial charge in [0.2, 0.25) is 0 Å². The van der Waals surface area contributed by atoms with E-state index in [-0.39, 0.29) is 17.8 Å². The number of hydrogen-bond donors (Lipinski definition) is 1. The first-order valence-corrected chi connectivity index (χ1v) is 6.33. The highest BCUT2D eigenvalue weighted by molar-refractivity contribution is 5.77. The second-order valence-corrected chi connectivity index (χ2v) is 4.61. The topological polar surface area (TPSA) is 49.8 Å². The molecule has 18 heavy (non-hydrogen) atoms. The van der Waals surface area contributed by atoms with Crippen molar-refractivity contribution in [3.63, 3.8) is 0 Å². The Balaban J connectivity index is 2.23. The molecule has 1 heterocycles. The molecule has 2 rings (SSSR count). The van der Waals surface area contributed by atoms with Crippen LogP contribution in [0.25, 0.3) is 0 Å². The quantitative estimate of drug-likeness (QED) is 0.833. The molecule has 0 amide bonds. The number of benzene rings is 1. The molecule has 0 saturated carbocycles. The average Bonchev–Trinajstić information content (AvgIpc) is 2.42. The molecule has 1 unspecified atom stereocenters. The third kappa shape index (κ3) is 2.82. The summed E-state index contributed by atoms with van der Waals surface area (Å²) >= 11 is 0. The lowest BCUT2D eigenvalue weighted by Crippen LogP contribution is -2.38. The van der Waals surface area contributed by atoms with Crippen LogP contribution in [0.5, 0.6) is 5.75 Å². The lowest BCUT2D eigenvalue weighted by atomic mass is 10.0. The van der Waals surface area contributed by atoms with Gasteiger partial charge in [-0.15, -0.1) is 0 Å². The first-order chi connectivity index (χ1) is 8.72. The number of rotatable bonds is 3. The van der Waals surface area contributed by atoms with Crippen LogP contribution >= 0.6 is 0 Å². The number of likely N-dealkylation sites (tertiary alicyclic amines) is 1. The van der Waals surface area contributed by atoms with Crippen molar-refractivity contribution in [2.45, 2.75) is 25.3 Å². The summed E-state index contributed by atoms with van der Waals surface area (Å²) in [6.45, 7) is 1.83. The fourth-order valence-corrected chi connectivity index (χ4v) is 2.44. The minimum absolute atomic E-state index is 0.209. The molecule has 4 heteroatoms. The number of nitrogens with zero attached hydrogens (tertiary/aromatic N) is 1. The summed E-state index contributed by atoms with van der Waals surface area (Å²) in [6, 6.07) is 6.43. The zero-order valence-electron chi connectivity index (χ0n) is 10.6. The summed E-state index contributed by atoms with van der Waals surface area (Å²) in [5.74, 6) is -0.0244. The van der Waals surface area contributed by atoms with Gasteiger partial charge in [-0.05, 0) is 43.6 Å². The molecule has 1 fully saturated rings. The van der Waals surface area contributed by atoms with Crippen molar-refractivity contribution in [2.24, 2.45) is 0 Å². The van der Waals surface area contributed by atoms with Gasteiger partial charge in [0.15, 0.2) is 0 Å². The number of esters is 1. The van der Waals surface area contributed by atoms with Crippen LogP contribution in [0.2, 0.25) is 0 Å². The van der Waals surface area contributed by atoms with Crippen LogP contribution in [0.4, 0.5) is 0 Å². The minimum atomic E-state index is -0.351. The summed E-state index contributed by atoms with van der Waals surface area (Å²) in [7, 11) is 1.42. The molecule has 1 saturated heterocycles. The van der Waals surface area contributed by atoms with Gasteiger partial charge in [-0.25, -0.2) is 4.79 Å². The van der Waals surface area contributed by atoms with Gasteiger partial charge in [0.1, 0.15) is 11.8 Å². The van der Waals surface area contributed by atoms with E-state index in [1.807, 2.05) is 0 Å². The van der Waals surface area contributed by atoms with Gasteiger partial charge >= 0.3 is 5.97 Å². The van der Waals surface area contributed by atoms with Crippen LogP contribution in [-0.4, -0.2) is 36.2 Å². The zero-order chi connectivity index (χ0) is 13.0. The molecule has 4 nitrogen and oxygen atoms in total. The summed E-state index contributed by atoms with van der Waals surface area (Å²) < 4.78 is 4.91. The van der Waals surface area contributed by atoms with Crippen LogP contribution in [0, 0.1) is 0 Å². The third-order valence-corrected chi connectivity index (χ3v) is 3.39. The van der Waals surface area contributed by atoms with Crippen molar-refractivity contribution in [2.75, 3.05) is 20.2 Å². The Labute approximate surface area is 107 Å². The van der Waals surface area contributed by atoms with Gasteiger partial charge in [-0.3, -0.25) is 4.90 Å². The molecule has 1 aromatic carbocycles. The largest absolute Gasteiger partial charge is 0.508 e. The number of carbonyl (C=O) groups excluding carboxylic acids is 1. The molecular weight excluding hydrogens is 230 g/mol. The Morgan fingerprint density at radius 3 is 2.39 bits per heavy atom. The van der Waals surface area contributed by atoms with E-state index >= 15 is 0 Å². The first-order valence-electron chi connectivity index (χ1n) is 6.33. The van der Waals surface area contributed by atoms with Crippen molar-refractivity contribution in [1.82, 2.24) is 4.90 Å². The van der Waals surface area contributed by atoms with Crippen LogP contribution < -0.4 is 0 Å². The second-order valence-electron chi connectivity index (χ2n) is 4.61. The molecule has 1 aliphatic heterocycles. The first kappa shape index (κ1) is 12.9. The van der Waals surface area contributed by atoms with E-state index < -0.39 is 0 Å². The Morgan fingerprint density at radius 1 is 1.22 bits per heavy atom. The monoisotopic (exact) mass is 249 g/mol. The molecule has 1 atom stereocenters. The van der Waals surface area contributed by atoms with E-state index in [0.717, 1.165) is 31.5 Å². The molecule has 1 aliphatic rings. The molecule has 1 N–H and O–H groups in total. The molecule has 0 aromatic heterocycles. The smallest absolute Gasteiger partial charge is 0.327 e. The summed E-state index contributed by atoms with van der Waals surface area (Å²) in [5.41, 5.74) is 0.876. The van der Waals surface area contributed by atoms with Crippen LogP contribution in [0.1, 0.15) is 30.9 Å². The maximum Gasteiger partial charge on any atom is 0.327 e. The van der Waals surface area contributed by atoms with E-state index in [9.17, 15) is 9.90 Å². The Kier molecular flexibility index (Phi) is 4.20. The second kappa shape index (κ2) is 5.87. The predicted molar refractivity (Wildman–Crippen MR) is 68.3 cm³/mol. The Bertz CT molecular complexity index is 396. The van der Waals surface area contributed by atoms with E-state index in [1.54, 1.807) is 24.3 Å². The lowest BCUT2D eigenvalue weighted by Gasteiger charge is -2.32. The van der Waals surface area contributed by atoms with Crippen molar-refractivity contribution in [1.29, 1.82) is 0 Å². The molecule has 0 spiro atoms. The third-order valence-electron chi connectivity index (χ3n) is 3.39. The summed E-state index contributed by atoms with van der Waals surface area (Å²) in [4.78, 5) is 14.1. The molecule has 1 aromatic rings. The number of ether oxygens (including phenoxy) is 1. The highest BCUT2D eigenvalue weighted by Crippen LogP contribution is 2.26. The fourth-order valence-electron chi connectivity index (χ4n) is 2.44. The number of piperidine rings is 1. The standard InChI is InChI=1S/C14H19NO3/c1-18-14(17)13(15-9-3-2-4-10-15)11-5-7-12(16)8-6-11/h5-8,13,16H,2-4,9-10H2,1H3. The number of methoxy groups -OCH3 is 1. The van der Waals surface area contributed by atoms with Gasteiger partial charge in [0.05, 0.1) is 7.11 Å². The van der Waals surface area contributed by atoms with Gasteiger partial charge in [-0.1, -0.05) is 18.6 Å². The van der Waals surface area contributed by atoms with E-state index in [2.05, 4.69) is 4.90 Å². The number of phenolic OH excluding ortho intramolecular Hbond substituents is 1. The minimum Gasteiger partial charge on any atom is -0.508 e. The van der Waals surface area contributed by atoms with Crippen molar-refractivity contribution in [3.8, 4) is 5.75 Å². The molecule has 0 bridgehead atoms. The van der Waals surface area contributed by atoms with E-state index in [0.29, 0.717) is 0 Å². The van der Waals surface area contributed by atoms with E-state index in [1.165, 1.54) is 13.5 Å². The normalized spacial score (nSPS) is 18.3. The van der Waals surface area contributed by atoms with Gasteiger partial charge in [-0.2, -0.15) is 0 Å². The number of hydrogen-bond acceptors (Lipinski definition) is 4. The van der Waals surface area contributed by atoms with Gasteiger partial charge in [0, 0.05) is 0 Å². The lowest BCUT2D eigenvalue weighted by molar-refractivity contribution is -0.147.